The zero-order valence-corrected chi connectivity index (χ0v) is 18.6. The second-order valence-electron chi connectivity index (χ2n) is 7.68. The summed E-state index contributed by atoms with van der Waals surface area (Å²) in [7, 11) is -3.59. The maximum atomic E-state index is 12.8. The predicted octanol–water partition coefficient (Wildman–Crippen LogP) is 3.81. The fourth-order valence-electron chi connectivity index (χ4n) is 3.70. The summed E-state index contributed by atoms with van der Waals surface area (Å²) in [5, 5.41) is 0. The van der Waals surface area contributed by atoms with Gasteiger partial charge in [0.25, 0.3) is 0 Å². The van der Waals surface area contributed by atoms with Gasteiger partial charge in [-0.05, 0) is 55.2 Å². The smallest absolute Gasteiger partial charge is 0.240 e. The van der Waals surface area contributed by atoms with Gasteiger partial charge in [-0.25, -0.2) is 23.1 Å². The molecule has 2 heterocycles. The van der Waals surface area contributed by atoms with Gasteiger partial charge in [-0.15, -0.1) is 0 Å². The third kappa shape index (κ3) is 4.84. The number of imidazole rings is 1. The fourth-order valence-corrected chi connectivity index (χ4v) is 5.05. The van der Waals surface area contributed by atoms with Crippen molar-refractivity contribution in [3.8, 4) is 0 Å². The lowest BCUT2D eigenvalue weighted by Crippen LogP contribution is -2.28. The first-order chi connectivity index (χ1) is 14.9. The van der Waals surface area contributed by atoms with Crippen LogP contribution in [0.15, 0.2) is 71.8 Å². The van der Waals surface area contributed by atoms with E-state index < -0.39 is 10.0 Å². The summed E-state index contributed by atoms with van der Waals surface area (Å²) in [6.07, 6.45) is 3.35. The monoisotopic (exact) mass is 434 g/mol. The molecule has 0 fully saturated rings. The molecule has 2 aromatic carbocycles. The van der Waals surface area contributed by atoms with Gasteiger partial charge in [-0.2, -0.15) is 0 Å². The van der Waals surface area contributed by atoms with Crippen LogP contribution in [0.1, 0.15) is 22.5 Å². The van der Waals surface area contributed by atoms with Gasteiger partial charge in [0.15, 0.2) is 5.65 Å². The minimum atomic E-state index is -3.59. The molecule has 160 valence electrons. The largest absolute Gasteiger partial charge is 0.311 e. The lowest BCUT2D eigenvalue weighted by molar-refractivity contribution is 0.569. The minimum Gasteiger partial charge on any atom is -0.311 e. The van der Waals surface area contributed by atoms with Gasteiger partial charge in [0.2, 0.25) is 10.0 Å². The van der Waals surface area contributed by atoms with Gasteiger partial charge in [-0.1, -0.05) is 42.5 Å². The Hall–Kier alpha value is -3.03. The molecular weight excluding hydrogens is 408 g/mol. The highest BCUT2D eigenvalue weighted by Crippen LogP contribution is 2.18. The van der Waals surface area contributed by atoms with Crippen LogP contribution in [0.25, 0.3) is 11.2 Å². The van der Waals surface area contributed by atoms with Crippen LogP contribution >= 0.6 is 0 Å². The van der Waals surface area contributed by atoms with Crippen LogP contribution in [0, 0.1) is 13.8 Å². The van der Waals surface area contributed by atoms with E-state index in [0.29, 0.717) is 11.4 Å². The van der Waals surface area contributed by atoms with E-state index >= 15 is 0 Å². The summed E-state index contributed by atoms with van der Waals surface area (Å²) in [5.74, 6) is 0.906. The molecule has 6 nitrogen and oxygen atoms in total. The summed E-state index contributed by atoms with van der Waals surface area (Å²) >= 11 is 0. The van der Waals surface area contributed by atoms with Gasteiger partial charge in [0.05, 0.1) is 4.90 Å². The van der Waals surface area contributed by atoms with Crippen LogP contribution in [0.5, 0.6) is 0 Å². The highest BCUT2D eigenvalue weighted by Gasteiger charge is 2.18. The molecule has 2 aromatic heterocycles. The predicted molar refractivity (Wildman–Crippen MR) is 122 cm³/mol. The Morgan fingerprint density at radius 2 is 1.77 bits per heavy atom. The number of aromatic nitrogens is 3. The average molecular weight is 435 g/mol. The van der Waals surface area contributed by atoms with Crippen molar-refractivity contribution in [2.45, 2.75) is 38.1 Å². The zero-order valence-electron chi connectivity index (χ0n) is 17.7. The molecule has 0 radical (unpaired) electrons. The Morgan fingerprint density at radius 3 is 2.58 bits per heavy atom. The number of fused-ring (bicyclic) bond motifs is 1. The van der Waals surface area contributed by atoms with Crippen LogP contribution in [0.4, 0.5) is 0 Å². The van der Waals surface area contributed by atoms with E-state index in [4.69, 9.17) is 4.98 Å². The summed E-state index contributed by atoms with van der Waals surface area (Å²) in [5.41, 5.74) is 4.49. The highest BCUT2D eigenvalue weighted by molar-refractivity contribution is 7.89. The van der Waals surface area contributed by atoms with Gasteiger partial charge in [0, 0.05) is 25.7 Å². The first-order valence-corrected chi connectivity index (χ1v) is 11.8. The number of benzene rings is 2. The number of nitrogens with zero attached hydrogens (tertiary/aromatic N) is 3. The van der Waals surface area contributed by atoms with Gasteiger partial charge < -0.3 is 4.57 Å². The molecule has 0 unspecified atom stereocenters. The van der Waals surface area contributed by atoms with Crippen molar-refractivity contribution < 1.29 is 8.42 Å². The fraction of sp³-hybridized carbons (Fsp3) is 0.250. The van der Waals surface area contributed by atoms with E-state index in [2.05, 4.69) is 21.8 Å². The molecule has 0 aliphatic heterocycles. The van der Waals surface area contributed by atoms with Crippen molar-refractivity contribution in [2.75, 3.05) is 6.54 Å². The molecule has 0 amide bonds. The maximum absolute atomic E-state index is 12.8. The molecular formula is C24H26N4O2S. The summed E-state index contributed by atoms with van der Waals surface area (Å²) < 4.78 is 30.4. The van der Waals surface area contributed by atoms with E-state index in [1.807, 2.05) is 60.9 Å². The lowest BCUT2D eigenvalue weighted by atomic mass is 10.1. The molecule has 0 saturated heterocycles. The molecule has 0 bridgehead atoms. The first kappa shape index (κ1) is 21.2. The van der Waals surface area contributed by atoms with E-state index in [1.54, 1.807) is 12.3 Å². The molecule has 0 saturated carbocycles. The molecule has 31 heavy (non-hydrogen) atoms. The number of rotatable bonds is 8. The summed E-state index contributed by atoms with van der Waals surface area (Å²) in [4.78, 5) is 9.55. The number of pyridine rings is 1. The van der Waals surface area contributed by atoms with Crippen molar-refractivity contribution in [3.05, 3.63) is 89.4 Å². The SMILES string of the molecule is Cc1ccc(C)c(S(=O)(=O)NCCn2c(CCc3ccccc3)nc3cccnc32)c1. The number of sulfonamides is 1. The lowest BCUT2D eigenvalue weighted by Gasteiger charge is -2.12. The third-order valence-corrected chi connectivity index (χ3v) is 6.93. The van der Waals surface area contributed by atoms with Crippen LogP contribution in [0.2, 0.25) is 0 Å². The Morgan fingerprint density at radius 1 is 0.968 bits per heavy atom. The molecule has 0 aliphatic carbocycles. The van der Waals surface area contributed by atoms with Crippen LogP contribution < -0.4 is 4.72 Å². The molecule has 7 heteroatoms. The van der Waals surface area contributed by atoms with Gasteiger partial charge >= 0.3 is 0 Å². The maximum Gasteiger partial charge on any atom is 0.240 e. The van der Waals surface area contributed by atoms with Crippen molar-refractivity contribution in [1.82, 2.24) is 19.3 Å². The highest BCUT2D eigenvalue weighted by atomic mass is 32.2. The molecule has 4 rings (SSSR count). The zero-order chi connectivity index (χ0) is 21.8. The molecule has 1 N–H and O–H groups in total. The second kappa shape index (κ2) is 8.99. The quantitative estimate of drug-likeness (QED) is 0.457. The Balaban J connectivity index is 1.53. The van der Waals surface area contributed by atoms with Crippen molar-refractivity contribution in [1.29, 1.82) is 0 Å². The number of nitrogens with one attached hydrogen (secondary N) is 1. The summed E-state index contributed by atoms with van der Waals surface area (Å²) in [6.45, 7) is 4.42. The van der Waals surface area contributed by atoms with Crippen molar-refractivity contribution >= 4 is 21.2 Å². The second-order valence-corrected chi connectivity index (χ2v) is 9.41. The number of aryl methyl sites for hydroxylation is 4. The van der Waals surface area contributed by atoms with Crippen molar-refractivity contribution in [2.24, 2.45) is 0 Å². The average Bonchev–Trinajstić information content (AvgIpc) is 3.12. The van der Waals surface area contributed by atoms with Crippen molar-refractivity contribution in [3.63, 3.8) is 0 Å². The van der Waals surface area contributed by atoms with E-state index in [0.717, 1.165) is 41.0 Å². The number of hydrogen-bond donors (Lipinski definition) is 1. The standard InChI is InChI=1S/C24H26N4O2S/c1-18-10-11-19(2)22(17-18)31(29,30)26-15-16-28-23(13-12-20-7-4-3-5-8-20)27-21-9-6-14-25-24(21)28/h3-11,14,17,26H,12-13,15-16H2,1-2H3. The van der Waals surface area contributed by atoms with Gasteiger partial charge in [0.1, 0.15) is 11.3 Å². The molecule has 4 aromatic rings. The topological polar surface area (TPSA) is 76.9 Å². The molecule has 0 atom stereocenters. The minimum absolute atomic E-state index is 0.260. The number of hydrogen-bond acceptors (Lipinski definition) is 4. The van der Waals surface area contributed by atoms with E-state index in [1.165, 1.54) is 5.56 Å². The Kier molecular flexibility index (Phi) is 6.15. The van der Waals surface area contributed by atoms with Crippen LogP contribution in [-0.4, -0.2) is 29.5 Å². The molecule has 0 aliphatic rings. The Bertz CT molecular complexity index is 1300. The molecule has 0 spiro atoms. The first-order valence-electron chi connectivity index (χ1n) is 10.3. The third-order valence-electron chi connectivity index (χ3n) is 5.32. The van der Waals surface area contributed by atoms with E-state index in [-0.39, 0.29) is 6.54 Å². The van der Waals surface area contributed by atoms with Crippen LogP contribution in [-0.2, 0) is 29.4 Å². The van der Waals surface area contributed by atoms with Gasteiger partial charge in [-0.3, -0.25) is 0 Å². The normalized spacial score (nSPS) is 11.8. The summed E-state index contributed by atoms with van der Waals surface area (Å²) in [6, 6.07) is 19.5. The Labute approximate surface area is 183 Å². The van der Waals surface area contributed by atoms with E-state index in [9.17, 15) is 8.42 Å². The van der Waals surface area contributed by atoms with Crippen LogP contribution in [0.3, 0.4) is 0 Å².